The van der Waals surface area contributed by atoms with Crippen LogP contribution in [0.5, 0.6) is 0 Å². The molecule has 1 aliphatic rings. The Morgan fingerprint density at radius 2 is 1.86 bits per heavy atom. The van der Waals surface area contributed by atoms with Gasteiger partial charge in [-0.2, -0.15) is 0 Å². The van der Waals surface area contributed by atoms with Gasteiger partial charge in [-0.1, -0.05) is 36.9 Å². The second kappa shape index (κ2) is 8.12. The first-order valence-corrected chi connectivity index (χ1v) is 8.69. The number of rotatable bonds is 5. The summed E-state index contributed by atoms with van der Waals surface area (Å²) in [6, 6.07) is 9.10. The predicted octanol–water partition coefficient (Wildman–Crippen LogP) is 1.81. The molecule has 0 spiro atoms. The average molecular weight is 391 g/mol. The van der Waals surface area contributed by atoms with Crippen LogP contribution in [0.1, 0.15) is 26.3 Å². The Hall–Kier alpha value is -2.71. The molecule has 1 fully saturated rings. The Balaban J connectivity index is 2.38. The highest BCUT2D eigenvalue weighted by molar-refractivity contribution is 6.11. The van der Waals surface area contributed by atoms with Crippen LogP contribution in [-0.4, -0.2) is 58.9 Å². The molecule has 2 rings (SSSR count). The normalized spacial score (nSPS) is 22.3. The van der Waals surface area contributed by atoms with E-state index in [0.717, 1.165) is 12.7 Å². The number of ether oxygens (including phenoxy) is 3. The summed E-state index contributed by atoms with van der Waals surface area (Å²) < 4.78 is 15.7. The smallest absolute Gasteiger partial charge is 0.418 e. The molecular formula is C20H25NO7. The third-order valence-corrected chi connectivity index (χ3v) is 4.21. The van der Waals surface area contributed by atoms with E-state index >= 15 is 0 Å². The Labute approximate surface area is 163 Å². The topological polar surface area (TPSA) is 102 Å². The van der Waals surface area contributed by atoms with Crippen LogP contribution in [0.4, 0.5) is 4.79 Å². The molecule has 1 saturated heterocycles. The molecule has 0 aliphatic carbocycles. The number of aliphatic hydroxyl groups excluding tert-OH is 1. The van der Waals surface area contributed by atoms with Gasteiger partial charge < -0.3 is 19.3 Å². The molecule has 0 saturated carbocycles. The summed E-state index contributed by atoms with van der Waals surface area (Å²) in [4.78, 5) is 38.5. The Morgan fingerprint density at radius 1 is 1.25 bits per heavy atom. The van der Waals surface area contributed by atoms with Crippen molar-refractivity contribution in [3.63, 3.8) is 0 Å². The number of amides is 2. The van der Waals surface area contributed by atoms with Crippen LogP contribution in [0.15, 0.2) is 42.5 Å². The van der Waals surface area contributed by atoms with Crippen LogP contribution in [-0.2, 0) is 30.4 Å². The highest BCUT2D eigenvalue weighted by Gasteiger charge is 2.64. The van der Waals surface area contributed by atoms with Gasteiger partial charge in [0.05, 0.1) is 20.3 Å². The predicted molar refractivity (Wildman–Crippen MR) is 99.1 cm³/mol. The van der Waals surface area contributed by atoms with Crippen molar-refractivity contribution in [2.24, 2.45) is 0 Å². The maximum absolute atomic E-state index is 12.7. The molecule has 1 aliphatic heterocycles. The van der Waals surface area contributed by atoms with Crippen molar-refractivity contribution in [1.82, 2.24) is 4.90 Å². The first-order chi connectivity index (χ1) is 13.0. The maximum atomic E-state index is 12.7. The monoisotopic (exact) mass is 391 g/mol. The molecule has 1 aromatic carbocycles. The number of esters is 1. The third-order valence-electron chi connectivity index (χ3n) is 4.21. The van der Waals surface area contributed by atoms with E-state index in [1.807, 2.05) is 30.3 Å². The van der Waals surface area contributed by atoms with Crippen molar-refractivity contribution in [2.45, 2.75) is 44.6 Å². The van der Waals surface area contributed by atoms with Crippen molar-refractivity contribution in [1.29, 1.82) is 0 Å². The fourth-order valence-corrected chi connectivity index (χ4v) is 2.89. The largest absolute Gasteiger partial charge is 0.467 e. The van der Waals surface area contributed by atoms with Crippen molar-refractivity contribution >= 4 is 18.0 Å². The lowest BCUT2D eigenvalue weighted by Gasteiger charge is -2.36. The Kier molecular flexibility index (Phi) is 6.26. The minimum atomic E-state index is -2.12. The van der Waals surface area contributed by atoms with Crippen molar-refractivity contribution in [2.75, 3.05) is 13.7 Å². The lowest BCUT2D eigenvalue weighted by Crippen LogP contribution is -2.63. The summed E-state index contributed by atoms with van der Waals surface area (Å²) in [5.74, 6) is -1.93. The molecule has 0 aromatic heterocycles. The first kappa shape index (κ1) is 21.6. The molecule has 28 heavy (non-hydrogen) atoms. The number of carbonyl (C=O) groups excluding carboxylic acids is 3. The molecule has 1 heterocycles. The molecule has 152 valence electrons. The van der Waals surface area contributed by atoms with Crippen LogP contribution in [0.25, 0.3) is 0 Å². The number of imide groups is 1. The summed E-state index contributed by atoms with van der Waals surface area (Å²) in [7, 11) is 1.09. The fourth-order valence-electron chi connectivity index (χ4n) is 2.89. The molecule has 1 N–H and O–H groups in total. The fraction of sp³-hybridized carbons (Fsp3) is 0.450. The number of nitrogens with zero attached hydrogens (tertiary/aromatic N) is 1. The Bertz CT molecular complexity index is 769. The molecule has 2 atom stereocenters. The second-order valence-electron chi connectivity index (χ2n) is 7.44. The summed E-state index contributed by atoms with van der Waals surface area (Å²) in [6.45, 7) is 7.96. The van der Waals surface area contributed by atoms with E-state index in [9.17, 15) is 19.5 Å². The minimum absolute atomic E-state index is 0.0924. The number of methoxy groups -OCH3 is 1. The van der Waals surface area contributed by atoms with Gasteiger partial charge in [0, 0.05) is 5.57 Å². The summed E-state index contributed by atoms with van der Waals surface area (Å²) in [5.41, 5.74) is -2.57. The quantitative estimate of drug-likeness (QED) is 0.603. The van der Waals surface area contributed by atoms with Crippen LogP contribution >= 0.6 is 0 Å². The standard InChI is InChI=1S/C20H25NO7/c1-13-15(22)20(17(24)26-5,12-27-11-14-9-7-6-8-10-14)21(16(13)23)18(25)28-19(2,3)4/h6-10,15,22H,1,11-12H2,2-5H3/t15-,20+/m0/s1. The van der Waals surface area contributed by atoms with E-state index in [1.165, 1.54) is 0 Å². The van der Waals surface area contributed by atoms with Crippen molar-refractivity contribution < 1.29 is 33.7 Å². The SMILES string of the molecule is C=C1C(=O)N(C(=O)OC(C)(C)C)[C@@](COCc2ccccc2)(C(=O)OC)[C@H]1O. The number of aliphatic hydroxyl groups is 1. The van der Waals surface area contributed by atoms with Crippen LogP contribution in [0.3, 0.4) is 0 Å². The summed E-state index contributed by atoms with van der Waals surface area (Å²) in [6.07, 6.45) is -2.79. The molecule has 0 bridgehead atoms. The molecule has 8 nitrogen and oxygen atoms in total. The van der Waals surface area contributed by atoms with E-state index in [1.54, 1.807) is 20.8 Å². The third kappa shape index (κ3) is 4.07. The van der Waals surface area contributed by atoms with E-state index in [4.69, 9.17) is 14.2 Å². The van der Waals surface area contributed by atoms with Gasteiger partial charge in [-0.3, -0.25) is 4.79 Å². The lowest BCUT2D eigenvalue weighted by atomic mass is 9.92. The zero-order valence-electron chi connectivity index (χ0n) is 16.4. The molecular weight excluding hydrogens is 366 g/mol. The van der Waals surface area contributed by atoms with E-state index in [0.29, 0.717) is 4.90 Å². The van der Waals surface area contributed by atoms with Gasteiger partial charge in [-0.05, 0) is 26.3 Å². The molecule has 8 heteroatoms. The van der Waals surface area contributed by atoms with Gasteiger partial charge in [-0.15, -0.1) is 0 Å². The number of hydrogen-bond donors (Lipinski definition) is 1. The van der Waals surface area contributed by atoms with Gasteiger partial charge in [0.15, 0.2) is 0 Å². The second-order valence-corrected chi connectivity index (χ2v) is 7.44. The highest BCUT2D eigenvalue weighted by Crippen LogP contribution is 2.37. The highest BCUT2D eigenvalue weighted by atomic mass is 16.6. The van der Waals surface area contributed by atoms with Gasteiger partial charge in [0.2, 0.25) is 5.54 Å². The van der Waals surface area contributed by atoms with E-state index in [2.05, 4.69) is 6.58 Å². The van der Waals surface area contributed by atoms with Gasteiger partial charge in [0.25, 0.3) is 5.91 Å². The minimum Gasteiger partial charge on any atom is -0.467 e. The maximum Gasteiger partial charge on any atom is 0.418 e. The lowest BCUT2D eigenvalue weighted by molar-refractivity contribution is -0.166. The van der Waals surface area contributed by atoms with Crippen molar-refractivity contribution in [3.8, 4) is 0 Å². The van der Waals surface area contributed by atoms with Gasteiger partial charge in [-0.25, -0.2) is 14.5 Å². The zero-order valence-corrected chi connectivity index (χ0v) is 16.4. The first-order valence-electron chi connectivity index (χ1n) is 8.69. The van der Waals surface area contributed by atoms with Crippen LogP contribution < -0.4 is 0 Å². The molecule has 1 aromatic rings. The molecule has 2 amide bonds. The number of benzene rings is 1. The summed E-state index contributed by atoms with van der Waals surface area (Å²) >= 11 is 0. The summed E-state index contributed by atoms with van der Waals surface area (Å²) in [5, 5.41) is 10.6. The van der Waals surface area contributed by atoms with Crippen LogP contribution in [0.2, 0.25) is 0 Å². The number of hydrogen-bond acceptors (Lipinski definition) is 7. The van der Waals surface area contributed by atoms with Crippen LogP contribution in [0, 0.1) is 0 Å². The van der Waals surface area contributed by atoms with E-state index < -0.39 is 41.8 Å². The van der Waals surface area contributed by atoms with Crippen molar-refractivity contribution in [3.05, 3.63) is 48.0 Å². The zero-order chi connectivity index (χ0) is 21.1. The van der Waals surface area contributed by atoms with Gasteiger partial charge in [0.1, 0.15) is 11.7 Å². The average Bonchev–Trinajstić information content (AvgIpc) is 2.82. The number of likely N-dealkylation sites (tertiary alicyclic amines) is 1. The Morgan fingerprint density at radius 3 is 2.39 bits per heavy atom. The molecule has 0 radical (unpaired) electrons. The number of carbonyl (C=O) groups is 3. The molecule has 0 unspecified atom stereocenters. The van der Waals surface area contributed by atoms with Gasteiger partial charge >= 0.3 is 12.1 Å². The van der Waals surface area contributed by atoms with E-state index in [-0.39, 0.29) is 12.2 Å².